The number of nitrogen functional groups attached to an aromatic ring is 1. The second-order valence-corrected chi connectivity index (χ2v) is 8.28. The maximum absolute atomic E-state index is 13.3. The van der Waals surface area contributed by atoms with Crippen LogP contribution in [-0.4, -0.2) is 63.7 Å². The fourth-order valence-electron chi connectivity index (χ4n) is 4.17. The molecule has 0 radical (unpaired) electrons. The van der Waals surface area contributed by atoms with Crippen LogP contribution in [0, 0.1) is 0 Å². The number of alkyl halides is 3. The van der Waals surface area contributed by atoms with Crippen molar-refractivity contribution in [3.63, 3.8) is 0 Å². The first-order chi connectivity index (χ1) is 16.7. The van der Waals surface area contributed by atoms with Gasteiger partial charge in [0, 0.05) is 44.3 Å². The van der Waals surface area contributed by atoms with Gasteiger partial charge < -0.3 is 15.4 Å². The Labute approximate surface area is 199 Å². The van der Waals surface area contributed by atoms with E-state index in [0.717, 1.165) is 4.90 Å². The summed E-state index contributed by atoms with van der Waals surface area (Å²) in [5.74, 6) is -1.00. The third-order valence-corrected chi connectivity index (χ3v) is 5.83. The van der Waals surface area contributed by atoms with E-state index >= 15 is 0 Å². The predicted molar refractivity (Wildman–Crippen MR) is 123 cm³/mol. The number of aryl methyl sites for hydroxylation is 1. The van der Waals surface area contributed by atoms with Crippen LogP contribution in [0.2, 0.25) is 0 Å². The van der Waals surface area contributed by atoms with E-state index in [1.54, 1.807) is 29.9 Å². The number of ether oxygens (including phenoxy) is 1. The van der Waals surface area contributed by atoms with Gasteiger partial charge in [0.1, 0.15) is 11.6 Å². The van der Waals surface area contributed by atoms with Crippen molar-refractivity contribution in [3.05, 3.63) is 47.7 Å². The van der Waals surface area contributed by atoms with Gasteiger partial charge in [-0.05, 0) is 43.5 Å². The summed E-state index contributed by atoms with van der Waals surface area (Å²) >= 11 is 0. The molecule has 3 N–H and O–H groups in total. The number of halogens is 3. The summed E-state index contributed by atoms with van der Waals surface area (Å²) in [7, 11) is 1.57. The molecule has 2 amide bonds. The lowest BCUT2D eigenvalue weighted by Gasteiger charge is -2.26. The van der Waals surface area contributed by atoms with Crippen molar-refractivity contribution in [2.75, 3.05) is 31.3 Å². The monoisotopic (exact) mass is 490 g/mol. The lowest BCUT2D eigenvalue weighted by Crippen LogP contribution is -2.44. The van der Waals surface area contributed by atoms with Gasteiger partial charge in [-0.2, -0.15) is 13.2 Å². The Bertz CT molecular complexity index is 1240. The summed E-state index contributed by atoms with van der Waals surface area (Å²) < 4.78 is 46.8. The lowest BCUT2D eigenvalue weighted by atomic mass is 10.2. The van der Waals surface area contributed by atoms with E-state index in [-0.39, 0.29) is 36.4 Å². The molecule has 0 saturated carbocycles. The number of hydrogen-bond donors (Lipinski definition) is 2. The molecule has 0 bridgehead atoms. The molecule has 0 spiro atoms. The van der Waals surface area contributed by atoms with Gasteiger partial charge in [0.25, 0.3) is 11.8 Å². The van der Waals surface area contributed by atoms with E-state index in [1.165, 1.54) is 18.3 Å². The van der Waals surface area contributed by atoms with Crippen LogP contribution in [0.3, 0.4) is 0 Å². The third kappa shape index (κ3) is 5.21. The summed E-state index contributed by atoms with van der Waals surface area (Å²) in [5.41, 5.74) is 7.18. The fourth-order valence-corrected chi connectivity index (χ4v) is 4.17. The Hall–Kier alpha value is -3.67. The van der Waals surface area contributed by atoms with Gasteiger partial charge >= 0.3 is 6.18 Å². The van der Waals surface area contributed by atoms with Crippen molar-refractivity contribution in [2.24, 2.45) is 0 Å². The summed E-state index contributed by atoms with van der Waals surface area (Å²) in [6.45, 7) is 0.875. The number of amides is 2. The maximum Gasteiger partial charge on any atom is 0.408 e. The van der Waals surface area contributed by atoms with Gasteiger partial charge in [-0.15, -0.1) is 0 Å². The summed E-state index contributed by atoms with van der Waals surface area (Å²) in [6.07, 6.45) is -2.51. The number of nitrogens with two attached hydrogens (primary N) is 1. The Balaban J connectivity index is 1.66. The van der Waals surface area contributed by atoms with Crippen molar-refractivity contribution in [1.82, 2.24) is 19.4 Å². The molecule has 0 aliphatic carbocycles. The Morgan fingerprint density at radius 3 is 2.77 bits per heavy atom. The van der Waals surface area contributed by atoms with Gasteiger partial charge in [0.15, 0.2) is 5.65 Å². The minimum Gasteiger partial charge on any atom is -0.399 e. The number of benzene rings is 1. The van der Waals surface area contributed by atoms with E-state index in [0.29, 0.717) is 36.5 Å². The molecule has 4 rings (SSSR count). The second kappa shape index (κ2) is 9.90. The number of imidazole rings is 1. The summed E-state index contributed by atoms with van der Waals surface area (Å²) in [4.78, 5) is 35.2. The highest BCUT2D eigenvalue weighted by molar-refractivity contribution is 6.04. The van der Waals surface area contributed by atoms with Crippen LogP contribution in [0.4, 0.5) is 24.8 Å². The standard InChI is InChI=1S/C23H25F3N6O3/c1-35-10-4-9-32-19-17(29-22(32)30-20(33)14-5-2-6-16(27)11-14)12-15(13-28-19)21(34)31-8-3-7-18(31)23(24,25)26/h2,5-6,11-13,18H,3-4,7-10,27H2,1H3,(H,29,30,33). The van der Waals surface area contributed by atoms with E-state index in [4.69, 9.17) is 10.5 Å². The SMILES string of the molecule is COCCCn1c(NC(=O)c2cccc(N)c2)nc2cc(C(=O)N3CCCC3C(F)(F)F)cnc21. The number of methoxy groups -OCH3 is 1. The van der Waals surface area contributed by atoms with E-state index in [1.807, 2.05) is 0 Å². The first-order valence-corrected chi connectivity index (χ1v) is 11.1. The van der Waals surface area contributed by atoms with Crippen LogP contribution in [0.1, 0.15) is 40.0 Å². The smallest absolute Gasteiger partial charge is 0.399 e. The number of aromatic nitrogens is 3. The molecule has 1 aliphatic rings. The highest BCUT2D eigenvalue weighted by Crippen LogP contribution is 2.33. The molecular formula is C23H25F3N6O3. The highest BCUT2D eigenvalue weighted by atomic mass is 19.4. The first kappa shape index (κ1) is 24.5. The van der Waals surface area contributed by atoms with Crippen molar-refractivity contribution in [3.8, 4) is 0 Å². The Morgan fingerprint density at radius 2 is 2.06 bits per heavy atom. The van der Waals surface area contributed by atoms with E-state index in [2.05, 4.69) is 15.3 Å². The van der Waals surface area contributed by atoms with Crippen molar-refractivity contribution >= 4 is 34.6 Å². The number of nitrogens with zero attached hydrogens (tertiary/aromatic N) is 4. The van der Waals surface area contributed by atoms with Gasteiger partial charge in [-0.3, -0.25) is 19.5 Å². The van der Waals surface area contributed by atoms with Gasteiger partial charge in [0.2, 0.25) is 5.95 Å². The molecule has 1 aliphatic heterocycles. The van der Waals surface area contributed by atoms with Crippen molar-refractivity contribution < 1.29 is 27.5 Å². The number of pyridine rings is 1. The lowest BCUT2D eigenvalue weighted by molar-refractivity contribution is -0.169. The Kier molecular flexibility index (Phi) is 6.92. The first-order valence-electron chi connectivity index (χ1n) is 11.1. The molecule has 3 heterocycles. The molecule has 1 aromatic carbocycles. The molecular weight excluding hydrogens is 465 g/mol. The molecule has 35 heavy (non-hydrogen) atoms. The van der Waals surface area contributed by atoms with Crippen LogP contribution in [-0.2, 0) is 11.3 Å². The van der Waals surface area contributed by atoms with Crippen LogP contribution in [0.25, 0.3) is 11.2 Å². The molecule has 3 aromatic rings. The number of anilines is 2. The zero-order chi connectivity index (χ0) is 25.2. The topological polar surface area (TPSA) is 115 Å². The number of hydrogen-bond acceptors (Lipinski definition) is 6. The average Bonchev–Trinajstić information content (AvgIpc) is 3.44. The van der Waals surface area contributed by atoms with Crippen LogP contribution < -0.4 is 11.1 Å². The molecule has 186 valence electrons. The number of carbonyl (C=O) groups is 2. The van der Waals surface area contributed by atoms with Crippen LogP contribution >= 0.6 is 0 Å². The molecule has 1 unspecified atom stereocenters. The summed E-state index contributed by atoms with van der Waals surface area (Å²) in [5, 5.41) is 2.73. The normalized spacial score (nSPS) is 16.1. The number of likely N-dealkylation sites (tertiary alicyclic amines) is 1. The summed E-state index contributed by atoms with van der Waals surface area (Å²) in [6, 6.07) is 6.02. The molecule has 12 heteroatoms. The predicted octanol–water partition coefficient (Wildman–Crippen LogP) is 3.47. The molecule has 1 fully saturated rings. The Morgan fingerprint density at radius 1 is 1.26 bits per heavy atom. The number of nitrogens with one attached hydrogen (secondary N) is 1. The van der Waals surface area contributed by atoms with Crippen molar-refractivity contribution in [2.45, 2.75) is 38.0 Å². The quantitative estimate of drug-likeness (QED) is 0.387. The molecule has 9 nitrogen and oxygen atoms in total. The van der Waals surface area contributed by atoms with Crippen molar-refractivity contribution in [1.29, 1.82) is 0 Å². The van der Waals surface area contributed by atoms with Crippen LogP contribution in [0.15, 0.2) is 36.5 Å². The minimum atomic E-state index is -4.50. The molecule has 2 aromatic heterocycles. The second-order valence-electron chi connectivity index (χ2n) is 8.28. The number of carbonyl (C=O) groups excluding carboxylic acids is 2. The van der Waals surface area contributed by atoms with Crippen LogP contribution in [0.5, 0.6) is 0 Å². The van der Waals surface area contributed by atoms with E-state index in [9.17, 15) is 22.8 Å². The highest BCUT2D eigenvalue weighted by Gasteiger charge is 2.47. The largest absolute Gasteiger partial charge is 0.408 e. The zero-order valence-corrected chi connectivity index (χ0v) is 19.0. The average molecular weight is 490 g/mol. The molecule has 1 saturated heterocycles. The minimum absolute atomic E-state index is 0.00361. The maximum atomic E-state index is 13.3. The molecule has 1 atom stereocenters. The third-order valence-electron chi connectivity index (χ3n) is 5.83. The fraction of sp³-hybridized carbons (Fsp3) is 0.391. The number of fused-ring (bicyclic) bond motifs is 1. The van der Waals surface area contributed by atoms with Gasteiger partial charge in [-0.25, -0.2) is 9.97 Å². The van der Waals surface area contributed by atoms with Gasteiger partial charge in [-0.1, -0.05) is 6.07 Å². The number of rotatable bonds is 7. The van der Waals surface area contributed by atoms with Gasteiger partial charge in [0.05, 0.1) is 5.56 Å². The zero-order valence-electron chi connectivity index (χ0n) is 19.0. The van der Waals surface area contributed by atoms with E-state index < -0.39 is 24.0 Å².